The molecule has 0 amide bonds. The Hall–Kier alpha value is -1.42. The minimum absolute atomic E-state index is 0.136. The molecule has 1 heterocycles. The minimum atomic E-state index is -0.645. The number of nitrogens with one attached hydrogen (secondary N) is 1. The maximum atomic E-state index is 10.8. The quantitative estimate of drug-likeness (QED) is 0.834. The fourth-order valence-electron chi connectivity index (χ4n) is 2.30. The normalized spacial score (nSPS) is 24.5. The Kier molecular flexibility index (Phi) is 4.09. The van der Waals surface area contributed by atoms with Gasteiger partial charge in [0.1, 0.15) is 0 Å². The zero-order valence-electron chi connectivity index (χ0n) is 9.80. The summed E-state index contributed by atoms with van der Waals surface area (Å²) in [5.74, 6) is -0.781. The summed E-state index contributed by atoms with van der Waals surface area (Å²) in [7, 11) is 0. The van der Waals surface area contributed by atoms with Gasteiger partial charge in [0.2, 0.25) is 0 Å². The van der Waals surface area contributed by atoms with Crippen LogP contribution in [-0.4, -0.2) is 22.1 Å². The highest BCUT2D eigenvalue weighted by molar-refractivity contribution is 5.70. The second-order valence-corrected chi connectivity index (χ2v) is 4.59. The fourth-order valence-corrected chi connectivity index (χ4v) is 2.30. The van der Waals surface area contributed by atoms with Crippen LogP contribution in [0.1, 0.15) is 31.4 Å². The maximum Gasteiger partial charge on any atom is 0.306 e. The lowest BCUT2D eigenvalue weighted by Gasteiger charge is -2.26. The van der Waals surface area contributed by atoms with Crippen molar-refractivity contribution in [1.29, 1.82) is 0 Å². The van der Waals surface area contributed by atoms with Crippen LogP contribution in [0.4, 0.5) is 0 Å². The molecule has 92 valence electrons. The second kappa shape index (κ2) is 5.77. The van der Waals surface area contributed by atoms with Gasteiger partial charge in [-0.3, -0.25) is 9.78 Å². The smallest absolute Gasteiger partial charge is 0.306 e. The fraction of sp³-hybridized carbons (Fsp3) is 0.538. The molecular weight excluding hydrogens is 216 g/mol. The summed E-state index contributed by atoms with van der Waals surface area (Å²) in [4.78, 5) is 15.1. The monoisotopic (exact) mass is 234 g/mol. The molecule has 1 aromatic rings. The molecule has 0 unspecified atom stereocenters. The van der Waals surface area contributed by atoms with Crippen LogP contribution in [-0.2, 0) is 11.3 Å². The van der Waals surface area contributed by atoms with Gasteiger partial charge in [-0.2, -0.15) is 0 Å². The largest absolute Gasteiger partial charge is 0.481 e. The topological polar surface area (TPSA) is 62.2 Å². The molecular formula is C13H18N2O2. The van der Waals surface area contributed by atoms with Crippen LogP contribution in [0.15, 0.2) is 24.4 Å². The first-order valence-corrected chi connectivity index (χ1v) is 6.12. The van der Waals surface area contributed by atoms with Crippen molar-refractivity contribution in [3.8, 4) is 0 Å². The molecule has 4 nitrogen and oxygen atoms in total. The Bertz CT molecular complexity index is 359. The van der Waals surface area contributed by atoms with Gasteiger partial charge in [-0.1, -0.05) is 6.07 Å². The van der Waals surface area contributed by atoms with Gasteiger partial charge < -0.3 is 10.4 Å². The molecule has 1 aromatic heterocycles. The van der Waals surface area contributed by atoms with E-state index in [4.69, 9.17) is 5.11 Å². The minimum Gasteiger partial charge on any atom is -0.481 e. The average molecular weight is 234 g/mol. The van der Waals surface area contributed by atoms with Crippen molar-refractivity contribution < 1.29 is 9.90 Å². The molecule has 1 fully saturated rings. The number of rotatable bonds is 4. The zero-order chi connectivity index (χ0) is 12.1. The van der Waals surface area contributed by atoms with E-state index < -0.39 is 5.97 Å². The maximum absolute atomic E-state index is 10.8. The Balaban J connectivity index is 1.74. The molecule has 1 aliphatic carbocycles. The number of hydrogen-bond donors (Lipinski definition) is 2. The average Bonchev–Trinajstić information content (AvgIpc) is 2.38. The van der Waals surface area contributed by atoms with E-state index in [9.17, 15) is 4.79 Å². The van der Waals surface area contributed by atoms with Crippen molar-refractivity contribution in [3.05, 3.63) is 30.1 Å². The molecule has 0 aliphatic heterocycles. The Morgan fingerprint density at radius 3 is 2.71 bits per heavy atom. The SMILES string of the molecule is O=C(O)C1CCC(NCc2ccccn2)CC1. The summed E-state index contributed by atoms with van der Waals surface area (Å²) in [5, 5.41) is 12.3. The second-order valence-electron chi connectivity index (χ2n) is 4.59. The van der Waals surface area contributed by atoms with E-state index in [0.29, 0.717) is 6.04 Å². The lowest BCUT2D eigenvalue weighted by Crippen LogP contribution is -2.34. The Labute approximate surface area is 101 Å². The zero-order valence-corrected chi connectivity index (χ0v) is 9.80. The standard InChI is InChI=1S/C13H18N2O2/c16-13(17)10-4-6-11(7-5-10)15-9-12-3-1-2-8-14-12/h1-3,8,10-11,15H,4-7,9H2,(H,16,17). The van der Waals surface area contributed by atoms with Crippen LogP contribution in [0.3, 0.4) is 0 Å². The van der Waals surface area contributed by atoms with Crippen LogP contribution >= 0.6 is 0 Å². The predicted octanol–water partition coefficient (Wildman–Crippen LogP) is 1.81. The lowest BCUT2D eigenvalue weighted by molar-refractivity contribution is -0.142. The van der Waals surface area contributed by atoms with E-state index in [1.807, 2.05) is 18.2 Å². The summed E-state index contributed by atoms with van der Waals surface area (Å²) in [6.07, 6.45) is 5.26. The number of aliphatic carboxylic acids is 1. The van der Waals surface area contributed by atoms with Gasteiger partial charge in [-0.05, 0) is 37.8 Å². The van der Waals surface area contributed by atoms with E-state index in [1.54, 1.807) is 6.20 Å². The summed E-state index contributed by atoms with van der Waals surface area (Å²) >= 11 is 0. The van der Waals surface area contributed by atoms with Gasteiger partial charge in [0.25, 0.3) is 0 Å². The van der Waals surface area contributed by atoms with Crippen molar-refractivity contribution in [2.45, 2.75) is 38.3 Å². The summed E-state index contributed by atoms with van der Waals surface area (Å²) < 4.78 is 0. The third-order valence-electron chi connectivity index (χ3n) is 3.37. The van der Waals surface area contributed by atoms with Crippen LogP contribution in [0.2, 0.25) is 0 Å². The first-order chi connectivity index (χ1) is 8.25. The third-order valence-corrected chi connectivity index (χ3v) is 3.37. The molecule has 0 saturated heterocycles. The van der Waals surface area contributed by atoms with Gasteiger partial charge in [0.15, 0.2) is 0 Å². The molecule has 2 N–H and O–H groups in total. The highest BCUT2D eigenvalue weighted by atomic mass is 16.4. The molecule has 0 aromatic carbocycles. The van der Waals surface area contributed by atoms with Crippen molar-refractivity contribution >= 4 is 5.97 Å². The molecule has 0 bridgehead atoms. The van der Waals surface area contributed by atoms with E-state index >= 15 is 0 Å². The molecule has 1 aliphatic rings. The highest BCUT2D eigenvalue weighted by Crippen LogP contribution is 2.24. The van der Waals surface area contributed by atoms with Crippen molar-refractivity contribution in [1.82, 2.24) is 10.3 Å². The van der Waals surface area contributed by atoms with Gasteiger partial charge >= 0.3 is 5.97 Å². The van der Waals surface area contributed by atoms with Gasteiger partial charge in [-0.15, -0.1) is 0 Å². The van der Waals surface area contributed by atoms with Crippen LogP contribution in [0, 0.1) is 5.92 Å². The molecule has 17 heavy (non-hydrogen) atoms. The van der Waals surface area contributed by atoms with Crippen LogP contribution < -0.4 is 5.32 Å². The molecule has 0 atom stereocenters. The number of pyridine rings is 1. The van der Waals surface area contributed by atoms with E-state index in [2.05, 4.69) is 10.3 Å². The lowest BCUT2D eigenvalue weighted by atomic mass is 9.86. The number of hydrogen-bond acceptors (Lipinski definition) is 3. The first kappa shape index (κ1) is 12.0. The third kappa shape index (κ3) is 3.53. The number of carbonyl (C=O) groups is 1. The highest BCUT2D eigenvalue weighted by Gasteiger charge is 2.25. The number of carboxylic acid groups (broad SMARTS) is 1. The van der Waals surface area contributed by atoms with E-state index in [0.717, 1.165) is 37.9 Å². The van der Waals surface area contributed by atoms with Gasteiger partial charge in [0, 0.05) is 18.8 Å². The van der Waals surface area contributed by atoms with Crippen molar-refractivity contribution in [2.75, 3.05) is 0 Å². The Morgan fingerprint density at radius 1 is 1.35 bits per heavy atom. The summed E-state index contributed by atoms with van der Waals surface area (Å²) in [6.45, 7) is 0.767. The van der Waals surface area contributed by atoms with Crippen molar-refractivity contribution in [3.63, 3.8) is 0 Å². The molecule has 0 radical (unpaired) electrons. The Morgan fingerprint density at radius 2 is 2.12 bits per heavy atom. The van der Waals surface area contributed by atoms with Crippen LogP contribution in [0.25, 0.3) is 0 Å². The summed E-state index contributed by atoms with van der Waals surface area (Å²) in [6, 6.07) is 6.32. The van der Waals surface area contributed by atoms with E-state index in [1.165, 1.54) is 0 Å². The predicted molar refractivity (Wildman–Crippen MR) is 64.5 cm³/mol. The molecule has 2 rings (SSSR count). The number of aromatic nitrogens is 1. The van der Waals surface area contributed by atoms with Crippen molar-refractivity contribution in [2.24, 2.45) is 5.92 Å². The molecule has 4 heteroatoms. The first-order valence-electron chi connectivity index (χ1n) is 6.12. The van der Waals surface area contributed by atoms with Gasteiger partial charge in [0.05, 0.1) is 11.6 Å². The number of carboxylic acids is 1. The van der Waals surface area contributed by atoms with Gasteiger partial charge in [-0.25, -0.2) is 0 Å². The number of nitrogens with zero attached hydrogens (tertiary/aromatic N) is 1. The van der Waals surface area contributed by atoms with Crippen LogP contribution in [0.5, 0.6) is 0 Å². The summed E-state index contributed by atoms with van der Waals surface area (Å²) in [5.41, 5.74) is 1.04. The molecule has 1 saturated carbocycles. The molecule has 0 spiro atoms. The van der Waals surface area contributed by atoms with E-state index in [-0.39, 0.29) is 5.92 Å².